The van der Waals surface area contributed by atoms with Crippen LogP contribution in [0, 0.1) is 17.3 Å². The molecule has 126 valence electrons. The highest BCUT2D eigenvalue weighted by Crippen LogP contribution is 2.48. The Hall–Kier alpha value is -0.770. The number of ether oxygens (including phenoxy) is 1. The molecule has 1 aliphatic heterocycles. The number of rotatable bonds is 6. The quantitative estimate of drug-likeness (QED) is 0.466. The maximum Gasteiger partial charge on any atom is 0.193 e. The fourth-order valence-corrected chi connectivity index (χ4v) is 4.30. The molecule has 2 unspecified atom stereocenters. The molecule has 3 rings (SSSR count). The molecule has 0 bridgehead atoms. The van der Waals surface area contributed by atoms with E-state index in [0.29, 0.717) is 5.41 Å². The number of guanidine groups is 1. The first kappa shape index (κ1) is 16.1. The van der Waals surface area contributed by atoms with Crippen LogP contribution >= 0.6 is 0 Å². The van der Waals surface area contributed by atoms with E-state index in [1.54, 1.807) is 0 Å². The lowest BCUT2D eigenvalue weighted by molar-refractivity contribution is 0.128. The summed E-state index contributed by atoms with van der Waals surface area (Å²) in [5.41, 5.74) is 0.484. The largest absolute Gasteiger partial charge is 0.382 e. The third-order valence-electron chi connectivity index (χ3n) is 6.05. The third-order valence-corrected chi connectivity index (χ3v) is 6.05. The fourth-order valence-electron chi connectivity index (χ4n) is 4.30. The molecule has 0 amide bonds. The first-order chi connectivity index (χ1) is 10.8. The molecule has 1 N–H and O–H groups in total. The number of aliphatic imine (C=N–C) groups is 1. The summed E-state index contributed by atoms with van der Waals surface area (Å²) in [4.78, 5) is 7.07. The smallest absolute Gasteiger partial charge is 0.193 e. The highest BCUT2D eigenvalue weighted by Gasteiger charge is 2.42. The van der Waals surface area contributed by atoms with Crippen molar-refractivity contribution in [1.82, 2.24) is 10.2 Å². The van der Waals surface area contributed by atoms with Crippen molar-refractivity contribution in [3.05, 3.63) is 0 Å². The van der Waals surface area contributed by atoms with E-state index in [9.17, 15) is 0 Å². The van der Waals surface area contributed by atoms with Gasteiger partial charge in [-0.15, -0.1) is 0 Å². The van der Waals surface area contributed by atoms with Crippen LogP contribution in [0.1, 0.15) is 51.9 Å². The molecular formula is C18H33N3O. The van der Waals surface area contributed by atoms with E-state index < -0.39 is 0 Å². The summed E-state index contributed by atoms with van der Waals surface area (Å²) in [6, 6.07) is 0. The monoisotopic (exact) mass is 307 g/mol. The lowest BCUT2D eigenvalue weighted by Gasteiger charge is -2.24. The summed E-state index contributed by atoms with van der Waals surface area (Å²) >= 11 is 0. The topological polar surface area (TPSA) is 36.9 Å². The summed E-state index contributed by atoms with van der Waals surface area (Å²) in [6.45, 7) is 7.32. The van der Waals surface area contributed by atoms with Gasteiger partial charge in [0, 0.05) is 39.9 Å². The molecule has 22 heavy (non-hydrogen) atoms. The van der Waals surface area contributed by atoms with Gasteiger partial charge < -0.3 is 15.0 Å². The molecule has 0 aromatic rings. The van der Waals surface area contributed by atoms with Crippen molar-refractivity contribution in [2.75, 3.05) is 39.9 Å². The second-order valence-electron chi connectivity index (χ2n) is 7.56. The molecule has 1 heterocycles. The Bertz CT molecular complexity index is 378. The van der Waals surface area contributed by atoms with Crippen molar-refractivity contribution in [3.8, 4) is 0 Å². The van der Waals surface area contributed by atoms with Gasteiger partial charge in [-0.2, -0.15) is 0 Å². The predicted octanol–water partition coefficient (Wildman–Crippen LogP) is 2.89. The molecule has 0 radical (unpaired) electrons. The fraction of sp³-hybridized carbons (Fsp3) is 0.944. The Morgan fingerprint density at radius 3 is 2.45 bits per heavy atom. The van der Waals surface area contributed by atoms with Gasteiger partial charge in [0.05, 0.1) is 0 Å². The summed E-state index contributed by atoms with van der Waals surface area (Å²) in [7, 11) is 1.93. The Morgan fingerprint density at radius 1 is 1.23 bits per heavy atom. The average molecular weight is 307 g/mol. The maximum atomic E-state index is 5.54. The van der Waals surface area contributed by atoms with Gasteiger partial charge in [0.15, 0.2) is 5.96 Å². The second-order valence-corrected chi connectivity index (χ2v) is 7.56. The van der Waals surface area contributed by atoms with Crippen LogP contribution in [0.4, 0.5) is 0 Å². The minimum absolute atomic E-state index is 0.484. The molecule has 3 fully saturated rings. The normalized spacial score (nSPS) is 30.3. The highest BCUT2D eigenvalue weighted by atomic mass is 16.5. The second kappa shape index (κ2) is 7.20. The van der Waals surface area contributed by atoms with Crippen LogP contribution in [-0.4, -0.2) is 50.8 Å². The van der Waals surface area contributed by atoms with Crippen molar-refractivity contribution in [2.24, 2.45) is 22.2 Å². The molecule has 1 saturated heterocycles. The van der Waals surface area contributed by atoms with E-state index in [1.807, 2.05) is 7.05 Å². The Labute approximate surface area is 135 Å². The minimum atomic E-state index is 0.484. The summed E-state index contributed by atoms with van der Waals surface area (Å²) < 4.78 is 5.54. The van der Waals surface area contributed by atoms with Crippen molar-refractivity contribution >= 4 is 5.96 Å². The minimum Gasteiger partial charge on any atom is -0.382 e. The van der Waals surface area contributed by atoms with Crippen molar-refractivity contribution in [1.29, 1.82) is 0 Å². The number of nitrogens with one attached hydrogen (secondary N) is 1. The number of nitrogens with zero attached hydrogens (tertiary/aromatic N) is 2. The Kier molecular flexibility index (Phi) is 5.27. The zero-order valence-electron chi connectivity index (χ0n) is 14.4. The first-order valence-electron chi connectivity index (χ1n) is 9.30. The van der Waals surface area contributed by atoms with Gasteiger partial charge in [-0.1, -0.05) is 12.8 Å². The zero-order chi connectivity index (χ0) is 15.4. The lowest BCUT2D eigenvalue weighted by atomic mass is 9.82. The Balaban J connectivity index is 1.46. The van der Waals surface area contributed by atoms with Gasteiger partial charge in [0.1, 0.15) is 0 Å². The van der Waals surface area contributed by atoms with Gasteiger partial charge >= 0.3 is 0 Å². The van der Waals surface area contributed by atoms with Gasteiger partial charge in [-0.25, -0.2) is 0 Å². The lowest BCUT2D eigenvalue weighted by Crippen LogP contribution is -2.42. The number of likely N-dealkylation sites (tertiary alicyclic amines) is 1. The number of hydrogen-bond acceptors (Lipinski definition) is 2. The van der Waals surface area contributed by atoms with Gasteiger partial charge in [0.25, 0.3) is 0 Å². The van der Waals surface area contributed by atoms with E-state index in [1.165, 1.54) is 58.0 Å². The average Bonchev–Trinajstić information content (AvgIpc) is 3.17. The SMILES string of the molecule is CCOCCC1(CNC(=NC)N2CC3CCCCC3C2)CC1. The standard InChI is InChI=1S/C18H33N3O/c1-3-22-11-10-18(8-9-18)14-20-17(19-2)21-12-15-6-4-5-7-16(15)13-21/h15-16H,3-14H2,1-2H3,(H,19,20). The van der Waals surface area contributed by atoms with E-state index in [-0.39, 0.29) is 0 Å². The molecule has 0 aromatic carbocycles. The summed E-state index contributed by atoms with van der Waals surface area (Å²) in [5.74, 6) is 2.97. The van der Waals surface area contributed by atoms with Crippen molar-refractivity contribution < 1.29 is 4.74 Å². The molecular weight excluding hydrogens is 274 g/mol. The highest BCUT2D eigenvalue weighted by molar-refractivity contribution is 5.80. The van der Waals surface area contributed by atoms with E-state index in [0.717, 1.165) is 37.6 Å². The zero-order valence-corrected chi connectivity index (χ0v) is 14.4. The molecule has 0 spiro atoms. The van der Waals surface area contributed by atoms with Gasteiger partial charge in [-0.3, -0.25) is 4.99 Å². The summed E-state index contributed by atoms with van der Waals surface area (Å²) in [6.07, 6.45) is 9.59. The van der Waals surface area contributed by atoms with Crippen LogP contribution in [0.5, 0.6) is 0 Å². The third kappa shape index (κ3) is 3.76. The van der Waals surface area contributed by atoms with Crippen molar-refractivity contribution in [2.45, 2.75) is 51.9 Å². The molecule has 4 heteroatoms. The Morgan fingerprint density at radius 2 is 1.91 bits per heavy atom. The predicted molar refractivity (Wildman–Crippen MR) is 91.2 cm³/mol. The van der Waals surface area contributed by atoms with E-state index in [2.05, 4.69) is 22.1 Å². The van der Waals surface area contributed by atoms with Crippen LogP contribution in [0.3, 0.4) is 0 Å². The van der Waals surface area contributed by atoms with E-state index in [4.69, 9.17) is 4.74 Å². The van der Waals surface area contributed by atoms with E-state index >= 15 is 0 Å². The van der Waals surface area contributed by atoms with Crippen LogP contribution in [0.25, 0.3) is 0 Å². The summed E-state index contributed by atoms with van der Waals surface area (Å²) in [5, 5.41) is 3.67. The molecule has 0 aromatic heterocycles. The molecule has 2 aliphatic carbocycles. The van der Waals surface area contributed by atoms with Crippen molar-refractivity contribution in [3.63, 3.8) is 0 Å². The van der Waals surface area contributed by atoms with Gasteiger partial charge in [-0.05, 0) is 56.3 Å². The number of hydrogen-bond donors (Lipinski definition) is 1. The van der Waals surface area contributed by atoms with Crippen LogP contribution in [0.2, 0.25) is 0 Å². The number of fused-ring (bicyclic) bond motifs is 1. The molecule has 4 nitrogen and oxygen atoms in total. The maximum absolute atomic E-state index is 5.54. The first-order valence-corrected chi connectivity index (χ1v) is 9.30. The van der Waals surface area contributed by atoms with Crippen LogP contribution in [-0.2, 0) is 4.74 Å². The molecule has 2 saturated carbocycles. The van der Waals surface area contributed by atoms with Crippen LogP contribution < -0.4 is 5.32 Å². The molecule has 3 aliphatic rings. The van der Waals surface area contributed by atoms with Crippen LogP contribution in [0.15, 0.2) is 4.99 Å². The molecule has 2 atom stereocenters. The van der Waals surface area contributed by atoms with Gasteiger partial charge in [0.2, 0.25) is 0 Å².